The van der Waals surface area contributed by atoms with Crippen molar-refractivity contribution in [1.82, 2.24) is 4.90 Å². The zero-order valence-corrected chi connectivity index (χ0v) is 17.4. The molecule has 0 radical (unpaired) electrons. The molecule has 152 valence electrons. The molecule has 29 heavy (non-hydrogen) atoms. The quantitative estimate of drug-likeness (QED) is 0.605. The summed E-state index contributed by atoms with van der Waals surface area (Å²) >= 11 is 0. The van der Waals surface area contributed by atoms with Crippen LogP contribution in [-0.2, 0) is 4.74 Å². The monoisotopic (exact) mass is 391 g/mol. The Balaban J connectivity index is 1.50. The van der Waals surface area contributed by atoms with Crippen LogP contribution in [0.2, 0.25) is 0 Å². The van der Waals surface area contributed by atoms with Crippen LogP contribution in [0.15, 0.2) is 60.7 Å². The molecule has 4 rings (SSSR count). The van der Waals surface area contributed by atoms with Crippen LogP contribution in [0.1, 0.15) is 52.0 Å². The molecule has 0 aromatic heterocycles. The summed E-state index contributed by atoms with van der Waals surface area (Å²) in [4.78, 5) is 14.7. The molecule has 4 heteroatoms. The molecule has 1 saturated heterocycles. The highest BCUT2D eigenvalue weighted by atomic mass is 16.6. The van der Waals surface area contributed by atoms with Gasteiger partial charge in [-0.3, -0.25) is 4.90 Å². The third kappa shape index (κ3) is 4.64. The predicted molar refractivity (Wildman–Crippen MR) is 115 cm³/mol. The number of nitrogens with zero attached hydrogens (tertiary/aromatic N) is 1. The zero-order valence-electron chi connectivity index (χ0n) is 17.4. The summed E-state index contributed by atoms with van der Waals surface area (Å²) in [7, 11) is 0. The summed E-state index contributed by atoms with van der Waals surface area (Å²) < 4.78 is 11.6. The Labute approximate surface area is 173 Å². The van der Waals surface area contributed by atoms with Gasteiger partial charge in [0.2, 0.25) is 0 Å². The zero-order chi connectivity index (χ0) is 20.4. The van der Waals surface area contributed by atoms with E-state index in [1.54, 1.807) is 0 Å². The second-order valence-corrected chi connectivity index (χ2v) is 8.88. The number of fused-ring (bicyclic) bond motifs is 2. The van der Waals surface area contributed by atoms with E-state index >= 15 is 0 Å². The van der Waals surface area contributed by atoms with E-state index in [-0.39, 0.29) is 18.2 Å². The summed E-state index contributed by atoms with van der Waals surface area (Å²) in [5.41, 5.74) is 2.04. The average Bonchev–Trinajstić information content (AvgIpc) is 2.67. The maximum absolute atomic E-state index is 12.7. The first-order valence-electron chi connectivity index (χ1n) is 10.4. The van der Waals surface area contributed by atoms with Gasteiger partial charge in [-0.25, -0.2) is 4.79 Å². The Morgan fingerprint density at radius 2 is 1.66 bits per heavy atom. The molecule has 2 atom stereocenters. The van der Waals surface area contributed by atoms with Gasteiger partial charge in [0, 0.05) is 6.04 Å². The molecule has 0 aliphatic carbocycles. The molecule has 2 unspecified atom stereocenters. The molecular weight excluding hydrogens is 362 g/mol. The van der Waals surface area contributed by atoms with E-state index in [0.29, 0.717) is 0 Å². The van der Waals surface area contributed by atoms with Crippen molar-refractivity contribution in [2.75, 3.05) is 0 Å². The molecule has 2 bridgehead atoms. The fourth-order valence-corrected chi connectivity index (χ4v) is 4.20. The van der Waals surface area contributed by atoms with Crippen LogP contribution >= 0.6 is 0 Å². The molecule has 4 nitrogen and oxygen atoms in total. The van der Waals surface area contributed by atoms with Gasteiger partial charge in [0.1, 0.15) is 17.1 Å². The molecular formula is C25H29NO3. The lowest BCUT2D eigenvalue weighted by Gasteiger charge is -2.45. The SMILES string of the molecule is CC(C)(C)OC(=O)N1C2C=C(c3ccc(Oc4ccccc4)cc3)CC1CCC2. The number of amides is 1. The molecule has 2 heterocycles. The topological polar surface area (TPSA) is 38.8 Å². The molecule has 2 aliphatic rings. The van der Waals surface area contributed by atoms with Crippen molar-refractivity contribution in [3.63, 3.8) is 0 Å². The number of carbonyl (C=O) groups excluding carboxylic acids is 1. The van der Waals surface area contributed by atoms with Gasteiger partial charge >= 0.3 is 6.09 Å². The van der Waals surface area contributed by atoms with Crippen LogP contribution in [0.3, 0.4) is 0 Å². The standard InChI is InChI=1S/C25H29NO3/c1-25(2,3)29-24(27)26-20-8-7-9-21(26)17-19(16-20)18-12-14-23(15-13-18)28-22-10-5-4-6-11-22/h4-6,10-16,20-21H,7-9,17H2,1-3H3. The maximum atomic E-state index is 12.7. The van der Waals surface area contributed by atoms with Gasteiger partial charge in [0.05, 0.1) is 6.04 Å². The number of hydrogen-bond donors (Lipinski definition) is 0. The number of carbonyl (C=O) groups is 1. The lowest BCUT2D eigenvalue weighted by atomic mass is 9.83. The van der Waals surface area contributed by atoms with Gasteiger partial charge < -0.3 is 9.47 Å². The van der Waals surface area contributed by atoms with Gasteiger partial charge in [-0.1, -0.05) is 36.4 Å². The first kappa shape index (κ1) is 19.6. The smallest absolute Gasteiger partial charge is 0.411 e. The van der Waals surface area contributed by atoms with Gasteiger partial charge in [0.25, 0.3) is 0 Å². The number of benzene rings is 2. The van der Waals surface area contributed by atoms with Crippen LogP contribution in [0, 0.1) is 0 Å². The largest absolute Gasteiger partial charge is 0.457 e. The first-order chi connectivity index (χ1) is 13.9. The normalized spacial score (nSPS) is 21.3. The Hall–Kier alpha value is -2.75. The summed E-state index contributed by atoms with van der Waals surface area (Å²) in [6, 6.07) is 18.4. The summed E-state index contributed by atoms with van der Waals surface area (Å²) in [5.74, 6) is 1.66. The highest BCUT2D eigenvalue weighted by molar-refractivity contribution is 5.75. The molecule has 0 saturated carbocycles. The van der Waals surface area contributed by atoms with Crippen molar-refractivity contribution in [1.29, 1.82) is 0 Å². The van der Waals surface area contributed by atoms with E-state index in [0.717, 1.165) is 37.2 Å². The lowest BCUT2D eigenvalue weighted by Crippen LogP contribution is -2.53. The number of ether oxygens (including phenoxy) is 2. The van der Waals surface area contributed by atoms with Crippen LogP contribution in [0.5, 0.6) is 11.5 Å². The lowest BCUT2D eigenvalue weighted by molar-refractivity contribution is 0.0000852. The Bertz CT molecular complexity index is 881. The van der Waals surface area contributed by atoms with Crippen LogP contribution in [0.25, 0.3) is 5.57 Å². The fraction of sp³-hybridized carbons (Fsp3) is 0.400. The number of piperidine rings is 1. The summed E-state index contributed by atoms with van der Waals surface area (Å²) in [5, 5.41) is 0. The van der Waals surface area contributed by atoms with Crippen molar-refractivity contribution < 1.29 is 14.3 Å². The van der Waals surface area contributed by atoms with Crippen molar-refractivity contribution >= 4 is 11.7 Å². The van der Waals surface area contributed by atoms with Crippen LogP contribution < -0.4 is 4.74 Å². The first-order valence-corrected chi connectivity index (χ1v) is 10.4. The number of hydrogen-bond acceptors (Lipinski definition) is 3. The Morgan fingerprint density at radius 1 is 0.966 bits per heavy atom. The molecule has 0 N–H and O–H groups in total. The van der Waals surface area contributed by atoms with Gasteiger partial charge in [-0.2, -0.15) is 0 Å². The van der Waals surface area contributed by atoms with Crippen LogP contribution in [0.4, 0.5) is 4.79 Å². The predicted octanol–water partition coefficient (Wildman–Crippen LogP) is 6.42. The van der Waals surface area contributed by atoms with Gasteiger partial charge in [0.15, 0.2) is 0 Å². The summed E-state index contributed by atoms with van der Waals surface area (Å²) in [6.45, 7) is 5.76. The van der Waals surface area contributed by atoms with E-state index in [4.69, 9.17) is 9.47 Å². The number of para-hydroxylation sites is 1. The van der Waals surface area contributed by atoms with Crippen LogP contribution in [-0.4, -0.2) is 28.7 Å². The molecule has 2 aromatic rings. The van der Waals surface area contributed by atoms with E-state index < -0.39 is 5.60 Å². The van der Waals surface area contributed by atoms with Gasteiger partial charge in [-0.05, 0) is 81.9 Å². The molecule has 1 amide bonds. The highest BCUT2D eigenvalue weighted by Gasteiger charge is 2.39. The van der Waals surface area contributed by atoms with Gasteiger partial charge in [-0.15, -0.1) is 0 Å². The van der Waals surface area contributed by atoms with E-state index in [9.17, 15) is 4.79 Å². The third-order valence-electron chi connectivity index (χ3n) is 5.45. The Kier molecular flexibility index (Phi) is 5.35. The molecule has 2 aliphatic heterocycles. The summed E-state index contributed by atoms with van der Waals surface area (Å²) in [6.07, 6.45) is 6.12. The van der Waals surface area contributed by atoms with Crippen molar-refractivity contribution in [3.05, 3.63) is 66.2 Å². The Morgan fingerprint density at radius 3 is 2.31 bits per heavy atom. The van der Waals surface area contributed by atoms with E-state index in [1.807, 2.05) is 68.1 Å². The minimum absolute atomic E-state index is 0.118. The number of rotatable bonds is 3. The average molecular weight is 392 g/mol. The van der Waals surface area contributed by atoms with E-state index in [2.05, 4.69) is 18.2 Å². The molecule has 2 aromatic carbocycles. The van der Waals surface area contributed by atoms with E-state index in [1.165, 1.54) is 11.1 Å². The fourth-order valence-electron chi connectivity index (χ4n) is 4.20. The second-order valence-electron chi connectivity index (χ2n) is 8.88. The highest BCUT2D eigenvalue weighted by Crippen LogP contribution is 2.38. The minimum atomic E-state index is -0.468. The maximum Gasteiger partial charge on any atom is 0.411 e. The molecule has 1 fully saturated rings. The van der Waals surface area contributed by atoms with Crippen molar-refractivity contribution in [2.24, 2.45) is 0 Å². The molecule has 0 spiro atoms. The van der Waals surface area contributed by atoms with Crippen molar-refractivity contribution in [3.8, 4) is 11.5 Å². The third-order valence-corrected chi connectivity index (χ3v) is 5.45. The second kappa shape index (κ2) is 7.94. The van der Waals surface area contributed by atoms with Crippen molar-refractivity contribution in [2.45, 2.75) is 64.1 Å². The minimum Gasteiger partial charge on any atom is -0.457 e.